The maximum atomic E-state index is 14.1. The molecule has 1 aromatic heterocycles. The molecule has 2 aromatic carbocycles. The van der Waals surface area contributed by atoms with Crippen LogP contribution in [0.4, 0.5) is 0 Å². The number of hydrogen-bond acceptors (Lipinski definition) is 3. The number of nitrogens with two attached hydrogens (primary N) is 1. The van der Waals surface area contributed by atoms with Crippen LogP contribution in [0.2, 0.25) is 10.0 Å². The molecule has 6 nitrogen and oxygen atoms in total. The largest absolute Gasteiger partial charge is 0.368 e. The molecule has 1 aliphatic carbocycles. The van der Waals surface area contributed by atoms with Gasteiger partial charge in [-0.25, -0.2) is 0 Å². The van der Waals surface area contributed by atoms with Gasteiger partial charge < -0.3 is 20.5 Å². The number of benzene rings is 2. The van der Waals surface area contributed by atoms with Gasteiger partial charge in [0.2, 0.25) is 11.8 Å². The fourth-order valence-corrected chi connectivity index (χ4v) is 5.29. The highest BCUT2D eigenvalue weighted by Gasteiger charge is 2.55. The number of aromatic nitrogens is 1. The van der Waals surface area contributed by atoms with Gasteiger partial charge in [0.25, 0.3) is 0 Å². The van der Waals surface area contributed by atoms with Crippen LogP contribution in [0.25, 0.3) is 10.9 Å². The predicted molar refractivity (Wildman–Crippen MR) is 137 cm³/mol. The van der Waals surface area contributed by atoms with E-state index < -0.39 is 17.4 Å². The highest BCUT2D eigenvalue weighted by molar-refractivity contribution is 6.35. The lowest BCUT2D eigenvalue weighted by atomic mass is 9.92. The monoisotopic (exact) mass is 500 g/mol. The number of rotatable bonds is 10. The Bertz CT molecular complexity index is 1200. The molecule has 0 unspecified atom stereocenters. The highest BCUT2D eigenvalue weighted by atomic mass is 35.5. The molecule has 8 heteroatoms. The lowest BCUT2D eigenvalue weighted by molar-refractivity contribution is -0.141. The lowest BCUT2D eigenvalue weighted by Crippen LogP contribution is -2.53. The van der Waals surface area contributed by atoms with E-state index in [0.717, 1.165) is 35.0 Å². The number of fused-ring (bicyclic) bond motifs is 1. The zero-order chi connectivity index (χ0) is 24.5. The summed E-state index contributed by atoms with van der Waals surface area (Å²) in [6.07, 6.45) is 4.32. The van der Waals surface area contributed by atoms with E-state index in [9.17, 15) is 9.59 Å². The number of carbonyl (C=O) groups excluding carboxylic acids is 2. The van der Waals surface area contributed by atoms with Crippen LogP contribution in [-0.4, -0.2) is 59.8 Å². The lowest BCUT2D eigenvalue weighted by Gasteiger charge is -2.34. The van der Waals surface area contributed by atoms with Crippen LogP contribution in [0, 0.1) is 0 Å². The smallest absolute Gasteiger partial charge is 0.240 e. The third-order valence-electron chi connectivity index (χ3n) is 6.66. The third kappa shape index (κ3) is 4.95. The Labute approximate surface area is 210 Å². The quantitative estimate of drug-likeness (QED) is 0.433. The third-order valence-corrected chi connectivity index (χ3v) is 7.21. The number of hydrogen-bond donors (Lipinski definition) is 2. The number of aromatic amines is 1. The Morgan fingerprint density at radius 1 is 1.12 bits per heavy atom. The maximum absolute atomic E-state index is 14.1. The summed E-state index contributed by atoms with van der Waals surface area (Å²) in [5.74, 6) is -0.611. The minimum Gasteiger partial charge on any atom is -0.368 e. The molecule has 3 N–H and O–H groups in total. The van der Waals surface area contributed by atoms with Crippen LogP contribution in [-0.2, 0) is 21.4 Å². The van der Waals surface area contributed by atoms with Crippen molar-refractivity contribution in [1.82, 2.24) is 14.8 Å². The molecular formula is C26H30Cl2N4O2. The highest BCUT2D eigenvalue weighted by Crippen LogP contribution is 2.52. The average molecular weight is 501 g/mol. The van der Waals surface area contributed by atoms with E-state index in [1.807, 2.05) is 50.6 Å². The van der Waals surface area contributed by atoms with Crippen LogP contribution < -0.4 is 5.73 Å². The van der Waals surface area contributed by atoms with Crippen molar-refractivity contribution >= 4 is 45.9 Å². The van der Waals surface area contributed by atoms with Gasteiger partial charge in [-0.2, -0.15) is 0 Å². The van der Waals surface area contributed by atoms with Gasteiger partial charge in [-0.1, -0.05) is 47.5 Å². The average Bonchev–Trinajstić information content (AvgIpc) is 3.49. The van der Waals surface area contributed by atoms with Gasteiger partial charge in [0, 0.05) is 40.1 Å². The van der Waals surface area contributed by atoms with Gasteiger partial charge in [-0.3, -0.25) is 9.59 Å². The molecule has 1 fully saturated rings. The van der Waals surface area contributed by atoms with Crippen LogP contribution >= 0.6 is 23.2 Å². The van der Waals surface area contributed by atoms with Crippen molar-refractivity contribution in [3.05, 3.63) is 69.8 Å². The number of carbonyl (C=O) groups is 2. The molecule has 2 amide bonds. The molecule has 0 spiro atoms. The van der Waals surface area contributed by atoms with Crippen molar-refractivity contribution in [2.45, 2.75) is 37.1 Å². The number of H-pyrrole nitrogens is 1. The second-order valence-corrected chi connectivity index (χ2v) is 10.2. The molecule has 4 rings (SSSR count). The molecule has 180 valence electrons. The first-order valence-corrected chi connectivity index (χ1v) is 12.2. The fraction of sp³-hybridized carbons (Fsp3) is 0.385. The normalized spacial score (nSPS) is 15.4. The van der Waals surface area contributed by atoms with Gasteiger partial charge in [0.05, 0.1) is 5.41 Å². The minimum atomic E-state index is -0.766. The zero-order valence-corrected chi connectivity index (χ0v) is 21.0. The SMILES string of the molecule is CN(C)CCCN(C(=O)C1(c2ccc(Cl)cc2Cl)CC1)[C@@H](Cc1c[nH]c2ccccc12)C(N)=O. The maximum Gasteiger partial charge on any atom is 0.240 e. The first-order valence-electron chi connectivity index (χ1n) is 11.5. The number of halogens is 2. The van der Waals surface area contributed by atoms with Crippen LogP contribution in [0.5, 0.6) is 0 Å². The van der Waals surface area contributed by atoms with Crippen molar-refractivity contribution in [3.8, 4) is 0 Å². The van der Waals surface area contributed by atoms with Gasteiger partial charge >= 0.3 is 0 Å². The Hall–Kier alpha value is -2.54. The van der Waals surface area contributed by atoms with E-state index in [1.165, 1.54) is 0 Å². The number of nitrogens with zero attached hydrogens (tertiary/aromatic N) is 2. The standard InChI is InChI=1S/C26H30Cl2N4O2/c1-31(2)12-5-13-32(25(34)26(10-11-26)20-9-8-18(27)15-21(20)28)23(24(29)33)14-17-16-30-22-7-4-3-6-19(17)22/h3-4,6-9,15-16,23,30H,5,10-14H2,1-2H3,(H2,29,33)/t23-/m0/s1. The Morgan fingerprint density at radius 2 is 1.85 bits per heavy atom. The first kappa shape index (κ1) is 24.6. The molecule has 1 saturated carbocycles. The summed E-state index contributed by atoms with van der Waals surface area (Å²) >= 11 is 12.6. The van der Waals surface area contributed by atoms with Gasteiger partial charge in [-0.15, -0.1) is 0 Å². The van der Waals surface area contributed by atoms with Crippen LogP contribution in [0.15, 0.2) is 48.7 Å². The van der Waals surface area contributed by atoms with E-state index in [-0.39, 0.29) is 5.91 Å². The van der Waals surface area contributed by atoms with Crippen molar-refractivity contribution < 1.29 is 9.59 Å². The summed E-state index contributed by atoms with van der Waals surface area (Å²) < 4.78 is 0. The topological polar surface area (TPSA) is 82.4 Å². The Morgan fingerprint density at radius 3 is 2.50 bits per heavy atom. The second-order valence-electron chi connectivity index (χ2n) is 9.34. The van der Waals surface area contributed by atoms with Crippen molar-refractivity contribution in [2.75, 3.05) is 27.2 Å². The first-order chi connectivity index (χ1) is 16.2. The summed E-state index contributed by atoms with van der Waals surface area (Å²) in [5, 5.41) is 2.02. The summed E-state index contributed by atoms with van der Waals surface area (Å²) in [4.78, 5) is 33.8. The second kappa shape index (κ2) is 9.98. The van der Waals surface area contributed by atoms with Gasteiger partial charge in [0.1, 0.15) is 6.04 Å². The van der Waals surface area contributed by atoms with Crippen molar-refractivity contribution in [1.29, 1.82) is 0 Å². The summed E-state index contributed by atoms with van der Waals surface area (Å²) in [6, 6.07) is 12.4. The van der Waals surface area contributed by atoms with E-state index in [0.29, 0.717) is 35.9 Å². The minimum absolute atomic E-state index is 0.0980. The molecule has 0 saturated heterocycles. The van der Waals surface area contributed by atoms with Crippen LogP contribution in [0.3, 0.4) is 0 Å². The molecule has 1 atom stereocenters. The molecule has 1 heterocycles. The molecule has 1 aliphatic rings. The Balaban J connectivity index is 1.68. The molecule has 34 heavy (non-hydrogen) atoms. The summed E-state index contributed by atoms with van der Waals surface area (Å²) in [6.45, 7) is 1.22. The molecule has 0 radical (unpaired) electrons. The van der Waals surface area contributed by atoms with Gasteiger partial charge in [0.15, 0.2) is 0 Å². The van der Waals surface area contributed by atoms with E-state index >= 15 is 0 Å². The number of primary amides is 1. The van der Waals surface area contributed by atoms with Crippen molar-refractivity contribution in [3.63, 3.8) is 0 Å². The zero-order valence-electron chi connectivity index (χ0n) is 19.5. The number of amides is 2. The van der Waals surface area contributed by atoms with E-state index in [2.05, 4.69) is 9.88 Å². The molecule has 0 aliphatic heterocycles. The predicted octanol–water partition coefficient (Wildman–Crippen LogP) is 4.38. The van der Waals surface area contributed by atoms with Gasteiger partial charge in [-0.05, 0) is 69.2 Å². The van der Waals surface area contributed by atoms with Crippen molar-refractivity contribution in [2.24, 2.45) is 5.73 Å². The molecule has 0 bridgehead atoms. The fourth-order valence-electron chi connectivity index (χ4n) is 4.71. The Kier molecular flexibility index (Phi) is 7.22. The summed E-state index contributed by atoms with van der Waals surface area (Å²) in [7, 11) is 3.97. The van der Waals surface area contributed by atoms with E-state index in [1.54, 1.807) is 17.0 Å². The van der Waals surface area contributed by atoms with Crippen LogP contribution in [0.1, 0.15) is 30.4 Å². The van der Waals surface area contributed by atoms with E-state index in [4.69, 9.17) is 28.9 Å². The number of para-hydroxylation sites is 1. The molecule has 3 aromatic rings. The molecular weight excluding hydrogens is 471 g/mol. The number of nitrogens with one attached hydrogen (secondary N) is 1. The summed E-state index contributed by atoms with van der Waals surface area (Å²) in [5.41, 5.74) is 7.88.